The molecule has 1 N–H and O–H groups in total. The van der Waals surface area contributed by atoms with Crippen LogP contribution in [0.1, 0.15) is 16.4 Å². The van der Waals surface area contributed by atoms with Crippen LogP contribution < -0.4 is 5.32 Å². The Balaban J connectivity index is 1.78. The third-order valence-corrected chi connectivity index (χ3v) is 3.60. The molecule has 0 aromatic carbocycles. The fourth-order valence-electron chi connectivity index (χ4n) is 2.19. The van der Waals surface area contributed by atoms with Gasteiger partial charge in [-0.1, -0.05) is 0 Å². The van der Waals surface area contributed by atoms with E-state index in [-0.39, 0.29) is 30.0 Å². The van der Waals surface area contributed by atoms with E-state index in [0.29, 0.717) is 4.67 Å². The Kier molecular flexibility index (Phi) is 4.31. The molecule has 0 unspecified atom stereocenters. The first-order chi connectivity index (χ1) is 11.4. The molecule has 10 heteroatoms. The van der Waals surface area contributed by atoms with E-state index in [1.54, 1.807) is 6.07 Å². The molecule has 0 fully saturated rings. The SMILES string of the molecule is O=C(NCCn1c(C(F)(F)F)nc2cccnc21)c1ccc(Br)o1. The van der Waals surface area contributed by atoms with Crippen molar-refractivity contribution >= 4 is 33.0 Å². The zero-order chi connectivity index (χ0) is 17.3. The fraction of sp³-hybridized carbons (Fsp3) is 0.214. The number of hydrogen-bond acceptors (Lipinski definition) is 4. The number of aromatic nitrogens is 3. The van der Waals surface area contributed by atoms with Gasteiger partial charge in [0.05, 0.1) is 0 Å². The van der Waals surface area contributed by atoms with Crippen molar-refractivity contribution in [3.05, 3.63) is 46.7 Å². The average Bonchev–Trinajstić information content (AvgIpc) is 3.11. The van der Waals surface area contributed by atoms with Crippen molar-refractivity contribution in [1.29, 1.82) is 0 Å². The number of nitrogens with one attached hydrogen (secondary N) is 1. The molecule has 0 aliphatic rings. The number of rotatable bonds is 4. The van der Waals surface area contributed by atoms with Crippen molar-refractivity contribution in [3.63, 3.8) is 0 Å². The Hall–Kier alpha value is -2.36. The number of carbonyl (C=O) groups excluding carboxylic acids is 1. The zero-order valence-corrected chi connectivity index (χ0v) is 13.6. The Bertz CT molecular complexity index is 888. The number of imidazole rings is 1. The molecule has 0 saturated carbocycles. The van der Waals surface area contributed by atoms with Gasteiger partial charge in [0.15, 0.2) is 16.1 Å². The van der Waals surface area contributed by atoms with E-state index in [2.05, 4.69) is 31.2 Å². The predicted octanol–water partition coefficient (Wildman–Crippen LogP) is 3.24. The summed E-state index contributed by atoms with van der Waals surface area (Å²) in [4.78, 5) is 19.4. The summed E-state index contributed by atoms with van der Waals surface area (Å²) in [5.41, 5.74) is 0.255. The van der Waals surface area contributed by atoms with Gasteiger partial charge in [-0.05, 0) is 40.2 Å². The highest BCUT2D eigenvalue weighted by atomic mass is 79.9. The van der Waals surface area contributed by atoms with Crippen molar-refractivity contribution in [1.82, 2.24) is 19.9 Å². The summed E-state index contributed by atoms with van der Waals surface area (Å²) in [5.74, 6) is -1.51. The molecule has 0 aliphatic carbocycles. The van der Waals surface area contributed by atoms with E-state index >= 15 is 0 Å². The van der Waals surface area contributed by atoms with Crippen LogP contribution in [0.3, 0.4) is 0 Å². The molecule has 3 heterocycles. The van der Waals surface area contributed by atoms with Gasteiger partial charge < -0.3 is 14.3 Å². The van der Waals surface area contributed by atoms with Gasteiger partial charge in [0.1, 0.15) is 5.52 Å². The van der Waals surface area contributed by atoms with Gasteiger partial charge in [0.2, 0.25) is 5.82 Å². The highest BCUT2D eigenvalue weighted by Crippen LogP contribution is 2.30. The Morgan fingerprint density at radius 1 is 1.33 bits per heavy atom. The fourth-order valence-corrected chi connectivity index (χ4v) is 2.50. The van der Waals surface area contributed by atoms with Crippen molar-refractivity contribution < 1.29 is 22.4 Å². The highest BCUT2D eigenvalue weighted by molar-refractivity contribution is 9.10. The molecule has 0 radical (unpaired) electrons. The Morgan fingerprint density at radius 2 is 2.12 bits per heavy atom. The lowest BCUT2D eigenvalue weighted by atomic mass is 10.4. The van der Waals surface area contributed by atoms with Gasteiger partial charge in [-0.15, -0.1) is 0 Å². The first-order valence-corrected chi connectivity index (χ1v) is 7.57. The van der Waals surface area contributed by atoms with Crippen molar-refractivity contribution in [2.45, 2.75) is 12.7 Å². The number of pyridine rings is 1. The van der Waals surface area contributed by atoms with Crippen LogP contribution in [0.25, 0.3) is 11.2 Å². The van der Waals surface area contributed by atoms with E-state index in [1.807, 2.05) is 0 Å². The van der Waals surface area contributed by atoms with Gasteiger partial charge >= 0.3 is 6.18 Å². The Labute approximate surface area is 141 Å². The number of fused-ring (bicyclic) bond motifs is 1. The highest BCUT2D eigenvalue weighted by Gasteiger charge is 2.37. The van der Waals surface area contributed by atoms with Crippen LogP contribution in [0, 0.1) is 0 Å². The number of amides is 1. The summed E-state index contributed by atoms with van der Waals surface area (Å²) in [6.07, 6.45) is -3.23. The van der Waals surface area contributed by atoms with E-state index in [1.165, 1.54) is 24.4 Å². The molecule has 3 rings (SSSR count). The molecule has 0 bridgehead atoms. The maximum Gasteiger partial charge on any atom is 0.449 e. The van der Waals surface area contributed by atoms with Crippen LogP contribution in [-0.2, 0) is 12.7 Å². The lowest BCUT2D eigenvalue weighted by Crippen LogP contribution is -2.28. The maximum absolute atomic E-state index is 13.1. The normalized spacial score (nSPS) is 11.8. The van der Waals surface area contributed by atoms with Gasteiger partial charge in [-0.2, -0.15) is 13.2 Å². The quantitative estimate of drug-likeness (QED) is 0.726. The summed E-state index contributed by atoms with van der Waals surface area (Å²) >= 11 is 3.07. The number of halogens is 4. The molecule has 126 valence electrons. The third kappa shape index (κ3) is 3.28. The molecule has 6 nitrogen and oxygen atoms in total. The van der Waals surface area contributed by atoms with Gasteiger partial charge in [-0.3, -0.25) is 4.79 Å². The minimum atomic E-state index is -4.61. The van der Waals surface area contributed by atoms with Gasteiger partial charge in [-0.25, -0.2) is 9.97 Å². The van der Waals surface area contributed by atoms with Crippen LogP contribution >= 0.6 is 15.9 Å². The topological polar surface area (TPSA) is 73.0 Å². The summed E-state index contributed by atoms with van der Waals surface area (Å²) in [6, 6.07) is 5.96. The lowest BCUT2D eigenvalue weighted by molar-refractivity contribution is -0.146. The Morgan fingerprint density at radius 3 is 2.79 bits per heavy atom. The molecule has 24 heavy (non-hydrogen) atoms. The number of carbonyl (C=O) groups is 1. The van der Waals surface area contributed by atoms with Gasteiger partial charge in [0, 0.05) is 19.3 Å². The predicted molar refractivity (Wildman–Crippen MR) is 81.3 cm³/mol. The second-order valence-corrected chi connectivity index (χ2v) is 5.57. The molecular formula is C14H10BrF3N4O2. The summed E-state index contributed by atoms with van der Waals surface area (Å²) in [7, 11) is 0. The molecule has 0 spiro atoms. The molecule has 0 atom stereocenters. The largest absolute Gasteiger partial charge is 0.449 e. The van der Waals surface area contributed by atoms with E-state index in [9.17, 15) is 18.0 Å². The molecular weight excluding hydrogens is 393 g/mol. The second-order valence-electron chi connectivity index (χ2n) is 4.79. The number of furan rings is 1. The first kappa shape index (κ1) is 16.5. The van der Waals surface area contributed by atoms with E-state index < -0.39 is 17.9 Å². The lowest BCUT2D eigenvalue weighted by Gasteiger charge is -2.11. The zero-order valence-electron chi connectivity index (χ0n) is 12.0. The standard InChI is InChI=1S/C14H10BrF3N4O2/c15-10-4-3-9(24-10)12(23)20-6-7-22-11-8(2-1-5-19-11)21-13(22)14(16,17)18/h1-5H,6-7H2,(H,20,23). The van der Waals surface area contributed by atoms with Crippen LogP contribution in [0.15, 0.2) is 39.5 Å². The monoisotopic (exact) mass is 402 g/mol. The summed E-state index contributed by atoms with van der Waals surface area (Å²) in [6.45, 7) is -0.168. The average molecular weight is 403 g/mol. The molecule has 0 saturated heterocycles. The maximum atomic E-state index is 13.1. The van der Waals surface area contributed by atoms with Crippen LogP contribution in [0.4, 0.5) is 13.2 Å². The van der Waals surface area contributed by atoms with E-state index in [4.69, 9.17) is 4.42 Å². The van der Waals surface area contributed by atoms with Crippen LogP contribution in [0.5, 0.6) is 0 Å². The molecule has 3 aromatic heterocycles. The number of hydrogen-bond donors (Lipinski definition) is 1. The summed E-state index contributed by atoms with van der Waals surface area (Å²) < 4.78 is 45.8. The van der Waals surface area contributed by atoms with Crippen LogP contribution in [0.2, 0.25) is 0 Å². The van der Waals surface area contributed by atoms with Crippen LogP contribution in [-0.4, -0.2) is 27.0 Å². The molecule has 3 aromatic rings. The van der Waals surface area contributed by atoms with Crippen molar-refractivity contribution in [2.24, 2.45) is 0 Å². The third-order valence-electron chi connectivity index (χ3n) is 3.18. The van der Waals surface area contributed by atoms with Crippen molar-refractivity contribution in [3.8, 4) is 0 Å². The molecule has 0 aliphatic heterocycles. The van der Waals surface area contributed by atoms with E-state index in [0.717, 1.165) is 4.57 Å². The number of alkyl halides is 3. The first-order valence-electron chi connectivity index (χ1n) is 6.78. The minimum absolute atomic E-state index is 0.0394. The summed E-state index contributed by atoms with van der Waals surface area (Å²) in [5, 5.41) is 2.50. The van der Waals surface area contributed by atoms with Gasteiger partial charge in [0.25, 0.3) is 5.91 Å². The second kappa shape index (κ2) is 6.27. The molecule has 1 amide bonds. The minimum Gasteiger partial charge on any atom is -0.444 e. The van der Waals surface area contributed by atoms with Crippen molar-refractivity contribution in [2.75, 3.05) is 6.54 Å². The number of nitrogens with zero attached hydrogens (tertiary/aromatic N) is 3. The smallest absolute Gasteiger partial charge is 0.444 e.